The molecule has 10 heteroatoms. The minimum absolute atomic E-state index is 0.147. The van der Waals surface area contributed by atoms with Crippen LogP contribution in [0.1, 0.15) is 55.3 Å². The molecule has 2 aliphatic heterocycles. The fraction of sp³-hybridized carbons (Fsp3) is 0.516. The topological polar surface area (TPSA) is 106 Å². The van der Waals surface area contributed by atoms with Gasteiger partial charge in [-0.05, 0) is 73.4 Å². The van der Waals surface area contributed by atoms with Crippen molar-refractivity contribution in [1.29, 1.82) is 0 Å². The zero-order valence-corrected chi connectivity index (χ0v) is 24.5. The van der Waals surface area contributed by atoms with Gasteiger partial charge in [0.2, 0.25) is 5.91 Å². The zero-order chi connectivity index (χ0) is 28.9. The number of fused-ring (bicyclic) bond motifs is 1. The molecule has 9 nitrogen and oxygen atoms in total. The van der Waals surface area contributed by atoms with E-state index < -0.39 is 5.97 Å². The molecule has 1 aliphatic carbocycles. The summed E-state index contributed by atoms with van der Waals surface area (Å²) < 4.78 is 17.3. The lowest BCUT2D eigenvalue weighted by Crippen LogP contribution is -2.34. The normalized spacial score (nSPS) is 21.1. The van der Waals surface area contributed by atoms with E-state index in [1.807, 2.05) is 18.2 Å². The third-order valence-corrected chi connectivity index (χ3v) is 9.32. The highest BCUT2D eigenvalue weighted by molar-refractivity contribution is 8.14. The lowest BCUT2D eigenvalue weighted by atomic mass is 9.81. The van der Waals surface area contributed by atoms with E-state index in [1.165, 1.54) is 16.0 Å². The minimum atomic E-state index is -0.680. The molecule has 0 bridgehead atoms. The lowest BCUT2D eigenvalue weighted by Gasteiger charge is -2.35. The van der Waals surface area contributed by atoms with E-state index in [-0.39, 0.29) is 42.0 Å². The number of carbonyl (C=O) groups excluding carboxylic acids is 2. The number of methoxy groups -OCH3 is 1. The summed E-state index contributed by atoms with van der Waals surface area (Å²) in [6.45, 7) is 4.92. The molecule has 5 rings (SSSR count). The van der Waals surface area contributed by atoms with Crippen LogP contribution in [0, 0.1) is 11.8 Å². The van der Waals surface area contributed by atoms with Crippen molar-refractivity contribution < 1.29 is 33.7 Å². The van der Waals surface area contributed by atoms with Crippen molar-refractivity contribution >= 4 is 28.9 Å². The third kappa shape index (κ3) is 6.98. The smallest absolute Gasteiger partial charge is 0.306 e. The largest absolute Gasteiger partial charge is 0.493 e. The third-order valence-electron chi connectivity index (χ3n) is 8.46. The molecule has 41 heavy (non-hydrogen) atoms. The van der Waals surface area contributed by atoms with Gasteiger partial charge in [0.1, 0.15) is 12.4 Å². The molecule has 2 aromatic carbocycles. The van der Waals surface area contributed by atoms with Crippen molar-refractivity contribution in [3.05, 3.63) is 53.1 Å². The highest BCUT2D eigenvalue weighted by atomic mass is 32.2. The van der Waals surface area contributed by atoms with E-state index in [9.17, 15) is 19.5 Å². The second-order valence-electron chi connectivity index (χ2n) is 11.1. The standard InChI is InChI=1S/C31H38N2O7S/c1-20(24-8-10-26-25(16-24)11-13-39-26)32(17-21-3-6-23(7-4-21)30(35)36)18-22-5-9-27(28(15-22)38-2)40-14-12-33-29(34)19-41-31(33)37/h5,8-10,15-16,20-21,23H,3-4,6-7,11-14,17-19H2,1-2H3,(H,35,36). The number of carboxylic acids is 1. The number of thioether (sulfide) groups is 1. The number of amides is 2. The first-order valence-corrected chi connectivity index (χ1v) is 15.3. The zero-order valence-electron chi connectivity index (χ0n) is 23.7. The number of ether oxygens (including phenoxy) is 3. The van der Waals surface area contributed by atoms with Crippen molar-refractivity contribution in [3.63, 3.8) is 0 Å². The molecular weight excluding hydrogens is 544 g/mol. The Labute approximate surface area is 245 Å². The van der Waals surface area contributed by atoms with Gasteiger partial charge in [-0.15, -0.1) is 0 Å². The minimum Gasteiger partial charge on any atom is -0.493 e. The number of hydrogen-bond acceptors (Lipinski definition) is 8. The molecule has 0 aromatic heterocycles. The number of nitrogens with zero attached hydrogens (tertiary/aromatic N) is 2. The van der Waals surface area contributed by atoms with E-state index in [1.54, 1.807) is 7.11 Å². The molecule has 1 unspecified atom stereocenters. The average molecular weight is 583 g/mol. The number of carboxylic acid groups (broad SMARTS) is 1. The van der Waals surface area contributed by atoms with Crippen LogP contribution >= 0.6 is 11.8 Å². The van der Waals surface area contributed by atoms with Crippen LogP contribution in [-0.2, 0) is 22.6 Å². The summed E-state index contributed by atoms with van der Waals surface area (Å²) in [7, 11) is 1.60. The van der Waals surface area contributed by atoms with Gasteiger partial charge in [0.15, 0.2) is 11.5 Å². The first-order valence-electron chi connectivity index (χ1n) is 14.3. The molecule has 1 N–H and O–H groups in total. The lowest BCUT2D eigenvalue weighted by molar-refractivity contribution is -0.143. The molecule has 2 aromatic rings. The van der Waals surface area contributed by atoms with Gasteiger partial charge in [-0.3, -0.25) is 24.2 Å². The summed E-state index contributed by atoms with van der Waals surface area (Å²) in [4.78, 5) is 38.9. The fourth-order valence-electron chi connectivity index (χ4n) is 5.97. The summed E-state index contributed by atoms with van der Waals surface area (Å²) in [5, 5.41) is 9.21. The monoisotopic (exact) mass is 582 g/mol. The van der Waals surface area contributed by atoms with Gasteiger partial charge in [-0.1, -0.05) is 30.0 Å². The molecule has 1 saturated carbocycles. The number of rotatable bonds is 12. The van der Waals surface area contributed by atoms with Gasteiger partial charge in [0.25, 0.3) is 5.24 Å². The van der Waals surface area contributed by atoms with Gasteiger partial charge >= 0.3 is 5.97 Å². The fourth-order valence-corrected chi connectivity index (χ4v) is 6.72. The Hall–Kier alpha value is -3.24. The summed E-state index contributed by atoms with van der Waals surface area (Å²) in [6, 6.07) is 12.5. The van der Waals surface area contributed by atoms with Gasteiger partial charge in [0, 0.05) is 25.6 Å². The molecule has 220 valence electrons. The van der Waals surface area contributed by atoms with E-state index in [0.717, 1.165) is 68.3 Å². The predicted molar refractivity (Wildman–Crippen MR) is 156 cm³/mol. The maximum Gasteiger partial charge on any atom is 0.306 e. The predicted octanol–water partition coefficient (Wildman–Crippen LogP) is 5.16. The van der Waals surface area contributed by atoms with Crippen LogP contribution in [0.5, 0.6) is 17.2 Å². The molecule has 2 amide bonds. The summed E-state index contributed by atoms with van der Waals surface area (Å²) in [6.07, 6.45) is 4.20. The Morgan fingerprint density at radius 2 is 1.95 bits per heavy atom. The number of hydrogen-bond donors (Lipinski definition) is 1. The number of aliphatic carboxylic acids is 1. The molecule has 2 heterocycles. The van der Waals surface area contributed by atoms with Crippen molar-refractivity contribution in [2.45, 2.75) is 51.6 Å². The number of carbonyl (C=O) groups is 3. The van der Waals surface area contributed by atoms with Crippen LogP contribution in [0.4, 0.5) is 4.79 Å². The van der Waals surface area contributed by atoms with Crippen LogP contribution in [0.2, 0.25) is 0 Å². The van der Waals surface area contributed by atoms with Crippen molar-refractivity contribution in [2.75, 3.05) is 39.2 Å². The molecule has 1 atom stereocenters. The Bertz CT molecular complexity index is 1260. The summed E-state index contributed by atoms with van der Waals surface area (Å²) in [5.74, 6) is 1.65. The Kier molecular flexibility index (Phi) is 9.39. The van der Waals surface area contributed by atoms with Crippen LogP contribution in [0.15, 0.2) is 36.4 Å². The molecule has 3 aliphatic rings. The van der Waals surface area contributed by atoms with Gasteiger partial charge in [-0.25, -0.2) is 0 Å². The van der Waals surface area contributed by atoms with E-state index in [4.69, 9.17) is 14.2 Å². The van der Waals surface area contributed by atoms with Crippen LogP contribution < -0.4 is 14.2 Å². The van der Waals surface area contributed by atoms with Crippen molar-refractivity contribution in [3.8, 4) is 17.2 Å². The second-order valence-corrected chi connectivity index (χ2v) is 12.0. The SMILES string of the molecule is COc1cc(CN(CC2CCC(C(=O)O)CC2)C(C)c2ccc3c(c2)CCO3)ccc1OCCN1C(=O)CSC1=O. The van der Waals surface area contributed by atoms with E-state index in [0.29, 0.717) is 24.0 Å². The quantitative estimate of drug-likeness (QED) is 0.363. The molecular formula is C31H38N2O7S. The molecule has 2 fully saturated rings. The van der Waals surface area contributed by atoms with Crippen LogP contribution in [0.25, 0.3) is 0 Å². The molecule has 0 spiro atoms. The maximum atomic E-state index is 11.9. The highest BCUT2D eigenvalue weighted by Crippen LogP contribution is 2.36. The van der Waals surface area contributed by atoms with Crippen LogP contribution in [0.3, 0.4) is 0 Å². The van der Waals surface area contributed by atoms with Gasteiger partial charge in [-0.2, -0.15) is 0 Å². The van der Waals surface area contributed by atoms with E-state index >= 15 is 0 Å². The Balaban J connectivity index is 1.29. The average Bonchev–Trinajstić information content (AvgIpc) is 3.58. The highest BCUT2D eigenvalue weighted by Gasteiger charge is 2.30. The Morgan fingerprint density at radius 3 is 2.66 bits per heavy atom. The van der Waals surface area contributed by atoms with Crippen LogP contribution in [-0.4, -0.2) is 71.2 Å². The maximum absolute atomic E-state index is 11.9. The first-order chi connectivity index (χ1) is 19.8. The van der Waals surface area contributed by atoms with Gasteiger partial charge < -0.3 is 19.3 Å². The molecule has 1 saturated heterocycles. The Morgan fingerprint density at radius 1 is 1.15 bits per heavy atom. The van der Waals surface area contributed by atoms with Crippen molar-refractivity contribution in [2.24, 2.45) is 11.8 Å². The van der Waals surface area contributed by atoms with E-state index in [2.05, 4.69) is 30.0 Å². The number of benzene rings is 2. The van der Waals surface area contributed by atoms with Crippen molar-refractivity contribution in [1.82, 2.24) is 9.80 Å². The summed E-state index contributed by atoms with van der Waals surface area (Å²) >= 11 is 1.02. The van der Waals surface area contributed by atoms with Gasteiger partial charge in [0.05, 0.1) is 31.9 Å². The summed E-state index contributed by atoms with van der Waals surface area (Å²) in [5.41, 5.74) is 3.56. The molecule has 0 radical (unpaired) electrons. The number of imide groups is 1. The second kappa shape index (κ2) is 13.2. The first kappa shape index (κ1) is 29.3.